The van der Waals surface area contributed by atoms with Gasteiger partial charge in [0, 0.05) is 12.1 Å². The average Bonchev–Trinajstić information content (AvgIpc) is 2.70. The van der Waals surface area contributed by atoms with Crippen LogP contribution >= 0.6 is 11.6 Å². The molecule has 0 spiro atoms. The molecule has 1 aliphatic heterocycles. The van der Waals surface area contributed by atoms with Crippen molar-refractivity contribution in [2.24, 2.45) is 0 Å². The van der Waals surface area contributed by atoms with Crippen LogP contribution in [0.2, 0.25) is 5.15 Å². The quantitative estimate of drug-likeness (QED) is 0.809. The highest BCUT2D eigenvalue weighted by Crippen LogP contribution is 2.15. The van der Waals surface area contributed by atoms with Crippen LogP contribution in [0.5, 0.6) is 0 Å². The van der Waals surface area contributed by atoms with Crippen molar-refractivity contribution in [3.05, 3.63) is 17.5 Å². The number of hydrogen-bond acceptors (Lipinski definition) is 5. The molecular weight excluding hydrogens is 250 g/mol. The molecule has 5 nitrogen and oxygen atoms in total. The minimum Gasteiger partial charge on any atom is -0.313 e. The second kappa shape index (κ2) is 4.65. The van der Waals surface area contributed by atoms with E-state index in [1.54, 1.807) is 0 Å². The number of rotatable bonds is 3. The maximum absolute atomic E-state index is 12.0. The third-order valence-electron chi connectivity index (χ3n) is 2.51. The Kier molecular flexibility index (Phi) is 3.41. The molecule has 1 aromatic rings. The zero-order chi connectivity index (χ0) is 11.6. The standard InChI is InChI=1S/C9H12ClN3O2S/c10-8-4-9(13-6-12-8)16(14,15)5-7-2-1-3-11-7/h4,6-7,11H,1-3,5H2. The Bertz CT molecular complexity index is 471. The lowest BCUT2D eigenvalue weighted by molar-refractivity contribution is 0.573. The van der Waals surface area contributed by atoms with Gasteiger partial charge in [0.2, 0.25) is 0 Å². The van der Waals surface area contributed by atoms with Gasteiger partial charge in [0.05, 0.1) is 5.75 Å². The summed E-state index contributed by atoms with van der Waals surface area (Å²) >= 11 is 5.64. The average molecular weight is 262 g/mol. The molecule has 2 heterocycles. The largest absolute Gasteiger partial charge is 0.313 e. The maximum atomic E-state index is 12.0. The molecule has 0 amide bonds. The van der Waals surface area contributed by atoms with E-state index in [1.807, 2.05) is 0 Å². The molecule has 2 rings (SSSR count). The highest BCUT2D eigenvalue weighted by molar-refractivity contribution is 7.91. The van der Waals surface area contributed by atoms with Gasteiger partial charge in [-0.3, -0.25) is 0 Å². The van der Waals surface area contributed by atoms with E-state index in [0.29, 0.717) is 0 Å². The normalized spacial score (nSPS) is 21.2. The van der Waals surface area contributed by atoms with Crippen LogP contribution < -0.4 is 5.32 Å². The molecule has 0 radical (unpaired) electrons. The summed E-state index contributed by atoms with van der Waals surface area (Å²) in [5.74, 6) is 0.0698. The first-order valence-electron chi connectivity index (χ1n) is 5.01. The fourth-order valence-electron chi connectivity index (χ4n) is 1.74. The minimum atomic E-state index is -3.36. The highest BCUT2D eigenvalue weighted by Gasteiger charge is 2.24. The van der Waals surface area contributed by atoms with Gasteiger partial charge in [0.25, 0.3) is 0 Å². The van der Waals surface area contributed by atoms with E-state index in [1.165, 1.54) is 6.07 Å². The Hall–Kier alpha value is -0.720. The SMILES string of the molecule is O=S(=O)(CC1CCCN1)c1cc(Cl)ncn1. The molecule has 1 saturated heterocycles. The molecule has 1 aliphatic rings. The van der Waals surface area contributed by atoms with Crippen molar-refractivity contribution in [2.75, 3.05) is 12.3 Å². The van der Waals surface area contributed by atoms with Crippen LogP contribution in [0.15, 0.2) is 17.4 Å². The van der Waals surface area contributed by atoms with Crippen LogP contribution in [0, 0.1) is 0 Å². The molecule has 1 fully saturated rings. The number of nitrogens with one attached hydrogen (secondary N) is 1. The summed E-state index contributed by atoms with van der Waals surface area (Å²) < 4.78 is 23.9. The number of hydrogen-bond donors (Lipinski definition) is 1. The second-order valence-corrected chi connectivity index (χ2v) is 6.12. The van der Waals surface area contributed by atoms with Gasteiger partial charge < -0.3 is 5.32 Å². The Balaban J connectivity index is 2.18. The molecule has 16 heavy (non-hydrogen) atoms. The van der Waals surface area contributed by atoms with E-state index >= 15 is 0 Å². The molecule has 1 atom stereocenters. The summed E-state index contributed by atoms with van der Waals surface area (Å²) in [6.45, 7) is 0.880. The molecule has 1 aromatic heterocycles. The van der Waals surface area contributed by atoms with Gasteiger partial charge in [-0.1, -0.05) is 11.6 Å². The lowest BCUT2D eigenvalue weighted by atomic mass is 10.3. The van der Waals surface area contributed by atoms with Crippen LogP contribution in [-0.2, 0) is 9.84 Å². The van der Waals surface area contributed by atoms with Crippen LogP contribution in [0.25, 0.3) is 0 Å². The number of sulfone groups is 1. The first kappa shape index (κ1) is 11.8. The van der Waals surface area contributed by atoms with E-state index in [-0.39, 0.29) is 22.0 Å². The van der Waals surface area contributed by atoms with Gasteiger partial charge in [-0.05, 0) is 19.4 Å². The third kappa shape index (κ3) is 2.69. The summed E-state index contributed by atoms with van der Waals surface area (Å²) in [6, 6.07) is 1.31. The third-order valence-corrected chi connectivity index (χ3v) is 4.42. The molecule has 1 N–H and O–H groups in total. The summed E-state index contributed by atoms with van der Waals surface area (Å²) in [7, 11) is -3.36. The lowest BCUT2D eigenvalue weighted by Crippen LogP contribution is -2.30. The molecular formula is C9H12ClN3O2S. The van der Waals surface area contributed by atoms with Gasteiger partial charge in [0.15, 0.2) is 14.9 Å². The van der Waals surface area contributed by atoms with Gasteiger partial charge in [-0.15, -0.1) is 0 Å². The van der Waals surface area contributed by atoms with E-state index < -0.39 is 9.84 Å². The van der Waals surface area contributed by atoms with Crippen molar-refractivity contribution in [1.82, 2.24) is 15.3 Å². The smallest absolute Gasteiger partial charge is 0.197 e. The van der Waals surface area contributed by atoms with E-state index in [2.05, 4.69) is 15.3 Å². The number of halogens is 1. The summed E-state index contributed by atoms with van der Waals surface area (Å²) in [6.07, 6.45) is 3.07. The van der Waals surface area contributed by atoms with Crippen LogP contribution in [0.3, 0.4) is 0 Å². The number of aromatic nitrogens is 2. The topological polar surface area (TPSA) is 72.0 Å². The van der Waals surface area contributed by atoms with Crippen LogP contribution in [0.1, 0.15) is 12.8 Å². The molecule has 0 aliphatic carbocycles. The Morgan fingerprint density at radius 3 is 2.94 bits per heavy atom. The Morgan fingerprint density at radius 2 is 2.31 bits per heavy atom. The summed E-state index contributed by atoms with van der Waals surface area (Å²) in [5, 5.41) is 3.29. The van der Waals surface area contributed by atoms with E-state index in [4.69, 9.17) is 11.6 Å². The predicted octanol–water partition coefficient (Wildman–Crippen LogP) is 0.656. The lowest BCUT2D eigenvalue weighted by Gasteiger charge is -2.09. The zero-order valence-electron chi connectivity index (χ0n) is 8.56. The van der Waals surface area contributed by atoms with Crippen molar-refractivity contribution in [1.29, 1.82) is 0 Å². The van der Waals surface area contributed by atoms with Gasteiger partial charge >= 0.3 is 0 Å². The minimum absolute atomic E-state index is 0.00111. The zero-order valence-corrected chi connectivity index (χ0v) is 10.1. The monoisotopic (exact) mass is 261 g/mol. The molecule has 0 bridgehead atoms. The van der Waals surface area contributed by atoms with Crippen LogP contribution in [0.4, 0.5) is 0 Å². The van der Waals surface area contributed by atoms with Crippen molar-refractivity contribution in [3.8, 4) is 0 Å². The second-order valence-electron chi connectivity index (χ2n) is 3.75. The van der Waals surface area contributed by atoms with E-state index in [0.717, 1.165) is 25.7 Å². The molecule has 88 valence electrons. The first-order valence-corrected chi connectivity index (χ1v) is 7.05. The van der Waals surface area contributed by atoms with Gasteiger partial charge in [-0.2, -0.15) is 0 Å². The van der Waals surface area contributed by atoms with Gasteiger partial charge in [0.1, 0.15) is 11.5 Å². The molecule has 1 unspecified atom stereocenters. The molecule has 7 heteroatoms. The Labute approximate surface area is 99.2 Å². The van der Waals surface area contributed by atoms with Gasteiger partial charge in [-0.25, -0.2) is 18.4 Å². The summed E-state index contributed by atoms with van der Waals surface area (Å²) in [4.78, 5) is 7.40. The first-order chi connectivity index (χ1) is 7.58. The van der Waals surface area contributed by atoms with Crippen molar-refractivity contribution < 1.29 is 8.42 Å². The molecule has 0 aromatic carbocycles. The fourth-order valence-corrected chi connectivity index (χ4v) is 3.43. The van der Waals surface area contributed by atoms with Crippen molar-refractivity contribution >= 4 is 21.4 Å². The van der Waals surface area contributed by atoms with Crippen LogP contribution in [-0.4, -0.2) is 36.7 Å². The fraction of sp³-hybridized carbons (Fsp3) is 0.556. The highest BCUT2D eigenvalue weighted by atomic mass is 35.5. The number of nitrogens with zero attached hydrogens (tertiary/aromatic N) is 2. The molecule has 0 saturated carbocycles. The predicted molar refractivity (Wildman–Crippen MR) is 60.1 cm³/mol. The maximum Gasteiger partial charge on any atom is 0.197 e. The van der Waals surface area contributed by atoms with E-state index in [9.17, 15) is 8.42 Å². The Morgan fingerprint density at radius 1 is 1.50 bits per heavy atom. The van der Waals surface area contributed by atoms with Crippen molar-refractivity contribution in [2.45, 2.75) is 23.9 Å². The van der Waals surface area contributed by atoms with Crippen molar-refractivity contribution in [3.63, 3.8) is 0 Å². The summed E-state index contributed by atoms with van der Waals surface area (Å²) in [5.41, 5.74) is 0.